The predicted molar refractivity (Wildman–Crippen MR) is 103 cm³/mol. The number of hydrogen-bond acceptors (Lipinski definition) is 8. The summed E-state index contributed by atoms with van der Waals surface area (Å²) >= 11 is 0. The van der Waals surface area contributed by atoms with Crippen LogP contribution in [0.15, 0.2) is 38.9 Å². The van der Waals surface area contributed by atoms with E-state index in [9.17, 15) is 9.59 Å². The molecule has 4 aromatic rings. The van der Waals surface area contributed by atoms with Crippen LogP contribution in [0.4, 0.5) is 0 Å². The Bertz CT molecular complexity index is 1290. The number of hydrogen-bond donors (Lipinski definition) is 2. The zero-order valence-corrected chi connectivity index (χ0v) is 15.9. The number of H-pyrrole nitrogens is 2. The minimum atomic E-state index is -0.615. The molecule has 2 saturated heterocycles. The maximum atomic E-state index is 12.6. The lowest BCUT2D eigenvalue weighted by Crippen LogP contribution is -2.43. The molecule has 154 valence electrons. The van der Waals surface area contributed by atoms with Crippen molar-refractivity contribution in [2.75, 3.05) is 0 Å². The van der Waals surface area contributed by atoms with Gasteiger partial charge < -0.3 is 8.98 Å². The molecule has 30 heavy (non-hydrogen) atoms. The molecular formula is C18H19N9O3. The zero-order chi connectivity index (χ0) is 20.2. The summed E-state index contributed by atoms with van der Waals surface area (Å²) < 4.78 is 8.41. The van der Waals surface area contributed by atoms with Gasteiger partial charge in [-0.2, -0.15) is 5.21 Å². The Morgan fingerprint density at radius 3 is 2.70 bits per heavy atom. The normalized spacial score (nSPS) is 24.1. The maximum Gasteiger partial charge on any atom is 0.337 e. The highest BCUT2D eigenvalue weighted by molar-refractivity contribution is 5.71. The number of imidazole rings is 1. The third-order valence-corrected chi connectivity index (χ3v) is 6.35. The van der Waals surface area contributed by atoms with Crippen LogP contribution in [0.5, 0.6) is 0 Å². The number of aromatic amines is 2. The molecule has 2 fully saturated rings. The molecule has 12 heteroatoms. The quantitative estimate of drug-likeness (QED) is 0.491. The number of nitrogens with one attached hydrogen (secondary N) is 2. The van der Waals surface area contributed by atoms with Crippen molar-refractivity contribution in [2.45, 2.75) is 50.4 Å². The summed E-state index contributed by atoms with van der Waals surface area (Å²) in [6, 6.07) is 2.97. The summed E-state index contributed by atoms with van der Waals surface area (Å²) in [5.74, 6) is 0.0726. The lowest BCUT2D eigenvalue weighted by Gasteiger charge is -2.39. The highest BCUT2D eigenvalue weighted by Gasteiger charge is 2.41. The van der Waals surface area contributed by atoms with Crippen molar-refractivity contribution in [1.29, 1.82) is 0 Å². The van der Waals surface area contributed by atoms with Crippen LogP contribution in [-0.2, 0) is 6.54 Å². The number of aromatic nitrogens is 8. The molecule has 0 aromatic carbocycles. The molecule has 2 N–H and O–H groups in total. The lowest BCUT2D eigenvalue weighted by molar-refractivity contribution is 0.100. The molecule has 0 amide bonds. The van der Waals surface area contributed by atoms with Crippen molar-refractivity contribution < 1.29 is 4.42 Å². The van der Waals surface area contributed by atoms with Gasteiger partial charge in [-0.05, 0) is 37.0 Å². The molecule has 2 aliphatic rings. The highest BCUT2D eigenvalue weighted by Crippen LogP contribution is 2.42. The minimum absolute atomic E-state index is 0.0726. The summed E-state index contributed by atoms with van der Waals surface area (Å²) in [5, 5.41) is 13.7. The Kier molecular flexibility index (Phi) is 3.75. The Morgan fingerprint density at radius 2 is 2.00 bits per heavy atom. The second-order valence-corrected chi connectivity index (χ2v) is 7.94. The molecule has 4 aromatic heterocycles. The third kappa shape index (κ3) is 2.56. The van der Waals surface area contributed by atoms with Crippen molar-refractivity contribution in [3.63, 3.8) is 0 Å². The molecular weight excluding hydrogens is 390 g/mol. The number of tetrazole rings is 1. The van der Waals surface area contributed by atoms with Crippen LogP contribution in [0.3, 0.4) is 0 Å². The smallest absolute Gasteiger partial charge is 0.337 e. The van der Waals surface area contributed by atoms with Crippen LogP contribution in [0.25, 0.3) is 17.1 Å². The standard InChI is InChI=1S/C18H19N9O3/c28-15-14-16(27(18(29)20-15)17-21-23-24-22-17)26(9-19-14)13-5-11-1-2-12(6-13)25(11)7-10-3-4-30-8-10/h3-4,8-9,11-13H,1-2,5-7H2,(H,20,28,29)(H,21,22,23,24). The average Bonchev–Trinajstić information content (AvgIpc) is 3.51. The van der Waals surface area contributed by atoms with Gasteiger partial charge in [0.25, 0.3) is 11.5 Å². The molecule has 2 atom stereocenters. The van der Waals surface area contributed by atoms with Gasteiger partial charge in [0, 0.05) is 30.2 Å². The monoisotopic (exact) mass is 409 g/mol. The molecule has 0 saturated carbocycles. The molecule has 0 aliphatic carbocycles. The number of furan rings is 1. The van der Waals surface area contributed by atoms with Gasteiger partial charge in [0.2, 0.25) is 0 Å². The Labute approximate surface area is 168 Å². The van der Waals surface area contributed by atoms with E-state index in [0.717, 1.165) is 32.2 Å². The summed E-state index contributed by atoms with van der Waals surface area (Å²) in [6.07, 6.45) is 9.22. The molecule has 2 bridgehead atoms. The van der Waals surface area contributed by atoms with E-state index in [1.807, 2.05) is 10.6 Å². The van der Waals surface area contributed by atoms with E-state index in [2.05, 4.69) is 35.5 Å². The zero-order valence-electron chi connectivity index (χ0n) is 15.9. The summed E-state index contributed by atoms with van der Waals surface area (Å²) in [5.41, 5.74) is 0.631. The van der Waals surface area contributed by atoms with Crippen LogP contribution in [-0.4, -0.2) is 56.7 Å². The van der Waals surface area contributed by atoms with Gasteiger partial charge in [0.1, 0.15) is 0 Å². The number of piperidine rings is 1. The van der Waals surface area contributed by atoms with Gasteiger partial charge >= 0.3 is 5.69 Å². The first-order chi connectivity index (χ1) is 14.7. The molecule has 6 heterocycles. The molecule has 0 spiro atoms. The summed E-state index contributed by atoms with van der Waals surface area (Å²) in [6.45, 7) is 0.871. The van der Waals surface area contributed by atoms with E-state index in [-0.39, 0.29) is 17.5 Å². The van der Waals surface area contributed by atoms with E-state index >= 15 is 0 Å². The van der Waals surface area contributed by atoms with Crippen molar-refractivity contribution in [3.8, 4) is 5.95 Å². The Hall–Kier alpha value is -3.54. The molecule has 2 aliphatic heterocycles. The second kappa shape index (κ2) is 6.49. The third-order valence-electron chi connectivity index (χ3n) is 6.35. The molecule has 6 rings (SSSR count). The summed E-state index contributed by atoms with van der Waals surface area (Å²) in [4.78, 5) is 34.1. The van der Waals surface area contributed by atoms with Gasteiger partial charge in [0.15, 0.2) is 11.2 Å². The Morgan fingerprint density at radius 1 is 1.17 bits per heavy atom. The second-order valence-electron chi connectivity index (χ2n) is 7.94. The van der Waals surface area contributed by atoms with Gasteiger partial charge in [-0.3, -0.25) is 14.7 Å². The summed E-state index contributed by atoms with van der Waals surface area (Å²) in [7, 11) is 0. The largest absolute Gasteiger partial charge is 0.472 e. The maximum absolute atomic E-state index is 12.6. The first-order valence-corrected chi connectivity index (χ1v) is 9.91. The van der Waals surface area contributed by atoms with E-state index in [0.29, 0.717) is 17.7 Å². The van der Waals surface area contributed by atoms with Crippen LogP contribution in [0.2, 0.25) is 0 Å². The predicted octanol–water partition coefficient (Wildman–Crippen LogP) is 0.350. The molecule has 12 nitrogen and oxygen atoms in total. The Balaban J connectivity index is 1.40. The number of fused-ring (bicyclic) bond motifs is 3. The van der Waals surface area contributed by atoms with Gasteiger partial charge in [-0.1, -0.05) is 5.10 Å². The van der Waals surface area contributed by atoms with Crippen molar-refractivity contribution >= 4 is 11.2 Å². The van der Waals surface area contributed by atoms with Crippen LogP contribution < -0.4 is 11.2 Å². The fourth-order valence-electron chi connectivity index (χ4n) is 5.07. The SMILES string of the molecule is O=c1[nH]c(=O)n(-c2nn[nH]n2)c2c1ncn2C1CC2CCC(C1)N2Cc1ccoc1. The van der Waals surface area contributed by atoms with Crippen molar-refractivity contribution in [3.05, 3.63) is 51.3 Å². The van der Waals surface area contributed by atoms with E-state index in [1.54, 1.807) is 18.9 Å². The van der Waals surface area contributed by atoms with Gasteiger partial charge in [0.05, 0.1) is 18.9 Å². The number of rotatable bonds is 4. The van der Waals surface area contributed by atoms with Crippen molar-refractivity contribution in [1.82, 2.24) is 44.6 Å². The average molecular weight is 409 g/mol. The fourth-order valence-corrected chi connectivity index (χ4v) is 5.07. The highest BCUT2D eigenvalue weighted by atomic mass is 16.3. The first kappa shape index (κ1) is 17.3. The fraction of sp³-hybridized carbons (Fsp3) is 0.444. The van der Waals surface area contributed by atoms with Crippen LogP contribution >= 0.6 is 0 Å². The first-order valence-electron chi connectivity index (χ1n) is 9.91. The minimum Gasteiger partial charge on any atom is -0.472 e. The van der Waals surface area contributed by atoms with Gasteiger partial charge in [-0.15, -0.1) is 5.10 Å². The van der Waals surface area contributed by atoms with Crippen LogP contribution in [0, 0.1) is 0 Å². The molecule has 0 radical (unpaired) electrons. The van der Waals surface area contributed by atoms with E-state index < -0.39 is 11.2 Å². The van der Waals surface area contributed by atoms with E-state index in [4.69, 9.17) is 4.42 Å². The number of nitrogens with zero attached hydrogens (tertiary/aromatic N) is 7. The lowest BCUT2D eigenvalue weighted by atomic mass is 9.96. The van der Waals surface area contributed by atoms with E-state index in [1.165, 1.54) is 10.1 Å². The topological polar surface area (TPSA) is 144 Å². The van der Waals surface area contributed by atoms with Crippen LogP contribution in [0.1, 0.15) is 37.3 Å². The van der Waals surface area contributed by atoms with Gasteiger partial charge in [-0.25, -0.2) is 14.3 Å². The molecule has 2 unspecified atom stereocenters. The van der Waals surface area contributed by atoms with Crippen molar-refractivity contribution in [2.24, 2.45) is 0 Å².